The molecule has 0 saturated carbocycles. The van der Waals surface area contributed by atoms with Crippen LogP contribution in [0.25, 0.3) is 0 Å². The number of imide groups is 1. The molecular formula is C26H33N3O2. The number of rotatable bonds is 7. The van der Waals surface area contributed by atoms with E-state index in [2.05, 4.69) is 41.0 Å². The molecule has 2 atom stereocenters. The van der Waals surface area contributed by atoms with Crippen molar-refractivity contribution in [1.82, 2.24) is 9.80 Å². The van der Waals surface area contributed by atoms with Gasteiger partial charge in [-0.05, 0) is 67.6 Å². The van der Waals surface area contributed by atoms with Gasteiger partial charge in [0.1, 0.15) is 0 Å². The van der Waals surface area contributed by atoms with E-state index in [0.29, 0.717) is 23.6 Å². The fourth-order valence-corrected chi connectivity index (χ4v) is 4.98. The van der Waals surface area contributed by atoms with Gasteiger partial charge in [-0.25, -0.2) is 0 Å². The summed E-state index contributed by atoms with van der Waals surface area (Å²) in [5.74, 6) is 0.289. The molecule has 0 bridgehead atoms. The molecule has 5 heteroatoms. The zero-order valence-electron chi connectivity index (χ0n) is 18.9. The number of piperidine rings is 1. The van der Waals surface area contributed by atoms with E-state index in [1.165, 1.54) is 29.0 Å². The third kappa shape index (κ3) is 4.38. The summed E-state index contributed by atoms with van der Waals surface area (Å²) in [4.78, 5) is 32.1. The average Bonchev–Trinajstić information content (AvgIpc) is 3.03. The number of benzene rings is 2. The molecule has 0 radical (unpaired) electrons. The van der Waals surface area contributed by atoms with Crippen molar-refractivity contribution in [3.05, 3.63) is 65.2 Å². The molecule has 0 aromatic heterocycles. The largest absolute Gasteiger partial charge is 0.378 e. The number of hydrogen-bond donors (Lipinski definition) is 0. The molecular weight excluding hydrogens is 386 g/mol. The van der Waals surface area contributed by atoms with Crippen molar-refractivity contribution in [3.63, 3.8) is 0 Å². The third-order valence-electron chi connectivity index (χ3n) is 6.78. The lowest BCUT2D eigenvalue weighted by Crippen LogP contribution is -2.46. The number of amides is 2. The van der Waals surface area contributed by atoms with Crippen molar-refractivity contribution < 1.29 is 9.59 Å². The number of carbonyl (C=O) groups is 2. The van der Waals surface area contributed by atoms with Crippen molar-refractivity contribution in [2.24, 2.45) is 5.92 Å². The second kappa shape index (κ2) is 9.23. The predicted octanol–water partition coefficient (Wildman–Crippen LogP) is 4.25. The van der Waals surface area contributed by atoms with Gasteiger partial charge < -0.3 is 9.80 Å². The van der Waals surface area contributed by atoms with Gasteiger partial charge in [0.05, 0.1) is 11.1 Å². The quantitative estimate of drug-likeness (QED) is 0.629. The molecule has 164 valence electrons. The lowest BCUT2D eigenvalue weighted by molar-refractivity contribution is 0.0569. The van der Waals surface area contributed by atoms with Gasteiger partial charge in [-0.1, -0.05) is 37.6 Å². The Balaban J connectivity index is 1.57. The maximum absolute atomic E-state index is 13.0. The number of likely N-dealkylation sites (tertiary alicyclic amines) is 1. The molecule has 2 heterocycles. The van der Waals surface area contributed by atoms with Crippen LogP contribution in [0.2, 0.25) is 0 Å². The molecule has 0 N–H and O–H groups in total. The summed E-state index contributed by atoms with van der Waals surface area (Å²) < 4.78 is 0. The Morgan fingerprint density at radius 3 is 2.19 bits per heavy atom. The SMILES string of the molecule is CCCCN1CC[C@H](c2ccc(N(C)C)cc2)[C@@H](CN2C(=O)c3ccccc3C2=O)C1. The molecule has 2 aromatic carbocycles. The Bertz CT molecular complexity index is 903. The number of nitrogens with zero attached hydrogens (tertiary/aromatic N) is 3. The Morgan fingerprint density at radius 2 is 1.61 bits per heavy atom. The summed E-state index contributed by atoms with van der Waals surface area (Å²) in [5.41, 5.74) is 3.57. The summed E-state index contributed by atoms with van der Waals surface area (Å²) in [7, 11) is 4.10. The van der Waals surface area contributed by atoms with Gasteiger partial charge >= 0.3 is 0 Å². The molecule has 1 saturated heterocycles. The van der Waals surface area contributed by atoms with Gasteiger partial charge in [0.15, 0.2) is 0 Å². The zero-order valence-corrected chi connectivity index (χ0v) is 18.9. The minimum atomic E-state index is -0.145. The monoisotopic (exact) mass is 419 g/mol. The standard InChI is InChI=1S/C26H33N3O2/c1-4-5-15-28-16-14-22(19-10-12-21(13-11-19)27(2)3)20(17-28)18-29-25(30)23-8-6-7-9-24(23)26(29)31/h6-13,20,22H,4-5,14-18H2,1-3H3/t20-,22-/m1/s1. The second-order valence-corrected chi connectivity index (χ2v) is 9.06. The maximum atomic E-state index is 13.0. The highest BCUT2D eigenvalue weighted by Crippen LogP contribution is 2.36. The van der Waals surface area contributed by atoms with E-state index in [9.17, 15) is 9.59 Å². The number of carbonyl (C=O) groups excluding carboxylic acids is 2. The zero-order chi connectivity index (χ0) is 22.0. The van der Waals surface area contributed by atoms with Crippen LogP contribution >= 0.6 is 0 Å². The Hall–Kier alpha value is -2.66. The van der Waals surface area contributed by atoms with Crippen LogP contribution in [0.15, 0.2) is 48.5 Å². The first-order chi connectivity index (χ1) is 15.0. The Morgan fingerprint density at radius 1 is 0.968 bits per heavy atom. The molecule has 0 unspecified atom stereocenters. The first-order valence-electron chi connectivity index (χ1n) is 11.4. The van der Waals surface area contributed by atoms with E-state index in [0.717, 1.165) is 26.1 Å². The van der Waals surface area contributed by atoms with E-state index in [4.69, 9.17) is 0 Å². The highest BCUT2D eigenvalue weighted by molar-refractivity contribution is 6.21. The topological polar surface area (TPSA) is 43.9 Å². The summed E-state index contributed by atoms with van der Waals surface area (Å²) in [6.45, 7) is 5.78. The molecule has 2 amide bonds. The highest BCUT2D eigenvalue weighted by Gasteiger charge is 2.39. The fraction of sp³-hybridized carbons (Fsp3) is 0.462. The minimum absolute atomic E-state index is 0.145. The molecule has 2 aromatic rings. The van der Waals surface area contributed by atoms with Gasteiger partial charge in [-0.3, -0.25) is 14.5 Å². The van der Waals surface area contributed by atoms with Gasteiger partial charge in [0, 0.05) is 32.9 Å². The molecule has 31 heavy (non-hydrogen) atoms. The molecule has 2 aliphatic heterocycles. The Kier molecular flexibility index (Phi) is 6.42. The minimum Gasteiger partial charge on any atom is -0.378 e. The van der Waals surface area contributed by atoms with Gasteiger partial charge in [-0.15, -0.1) is 0 Å². The molecule has 2 aliphatic rings. The first kappa shape index (κ1) is 21.6. The molecule has 5 nitrogen and oxygen atoms in total. The number of unbranched alkanes of at least 4 members (excludes halogenated alkanes) is 1. The lowest BCUT2D eigenvalue weighted by Gasteiger charge is -2.40. The maximum Gasteiger partial charge on any atom is 0.261 e. The smallest absolute Gasteiger partial charge is 0.261 e. The van der Waals surface area contributed by atoms with Gasteiger partial charge in [-0.2, -0.15) is 0 Å². The van der Waals surface area contributed by atoms with E-state index < -0.39 is 0 Å². The average molecular weight is 420 g/mol. The lowest BCUT2D eigenvalue weighted by atomic mass is 9.80. The predicted molar refractivity (Wildman–Crippen MR) is 125 cm³/mol. The van der Waals surface area contributed by atoms with Crippen LogP contribution in [0.4, 0.5) is 5.69 Å². The molecule has 4 rings (SSSR count). The summed E-state index contributed by atoms with van der Waals surface area (Å²) in [6, 6.07) is 16.0. The summed E-state index contributed by atoms with van der Waals surface area (Å²) in [6.07, 6.45) is 3.41. The van der Waals surface area contributed by atoms with Crippen molar-refractivity contribution >= 4 is 17.5 Å². The second-order valence-electron chi connectivity index (χ2n) is 9.06. The van der Waals surface area contributed by atoms with E-state index in [1.807, 2.05) is 26.2 Å². The van der Waals surface area contributed by atoms with Crippen LogP contribution in [-0.2, 0) is 0 Å². The van der Waals surface area contributed by atoms with E-state index in [1.54, 1.807) is 12.1 Å². The number of hydrogen-bond acceptors (Lipinski definition) is 4. The van der Waals surface area contributed by atoms with Crippen LogP contribution in [0, 0.1) is 5.92 Å². The molecule has 0 aliphatic carbocycles. The summed E-state index contributed by atoms with van der Waals surface area (Å²) in [5, 5.41) is 0. The van der Waals surface area contributed by atoms with Crippen LogP contribution < -0.4 is 4.90 Å². The number of anilines is 1. The van der Waals surface area contributed by atoms with Gasteiger partial charge in [0.2, 0.25) is 0 Å². The van der Waals surface area contributed by atoms with Crippen molar-refractivity contribution in [1.29, 1.82) is 0 Å². The van der Waals surface area contributed by atoms with E-state index >= 15 is 0 Å². The van der Waals surface area contributed by atoms with Crippen LogP contribution in [0.1, 0.15) is 58.4 Å². The fourth-order valence-electron chi connectivity index (χ4n) is 4.98. The van der Waals surface area contributed by atoms with E-state index in [-0.39, 0.29) is 17.7 Å². The summed E-state index contributed by atoms with van der Waals surface area (Å²) >= 11 is 0. The van der Waals surface area contributed by atoms with Crippen LogP contribution in [0.5, 0.6) is 0 Å². The molecule has 1 fully saturated rings. The van der Waals surface area contributed by atoms with Crippen molar-refractivity contribution in [3.8, 4) is 0 Å². The highest BCUT2D eigenvalue weighted by atomic mass is 16.2. The molecule has 0 spiro atoms. The van der Waals surface area contributed by atoms with Gasteiger partial charge in [0.25, 0.3) is 11.8 Å². The van der Waals surface area contributed by atoms with Crippen molar-refractivity contribution in [2.45, 2.75) is 32.1 Å². The first-order valence-corrected chi connectivity index (χ1v) is 11.4. The third-order valence-corrected chi connectivity index (χ3v) is 6.78. The van der Waals surface area contributed by atoms with Crippen LogP contribution in [0.3, 0.4) is 0 Å². The number of fused-ring (bicyclic) bond motifs is 1. The Labute approximate surface area is 185 Å². The van der Waals surface area contributed by atoms with Crippen LogP contribution in [-0.4, -0.2) is 61.9 Å². The normalized spacial score (nSPS) is 21.5. The van der Waals surface area contributed by atoms with Crippen molar-refractivity contribution in [2.75, 3.05) is 45.2 Å².